The number of aromatic carboxylic acids is 1. The van der Waals surface area contributed by atoms with Crippen LogP contribution in [0.4, 0.5) is 5.69 Å². The van der Waals surface area contributed by atoms with Gasteiger partial charge in [-0.2, -0.15) is 0 Å². The van der Waals surface area contributed by atoms with Crippen LogP contribution in [0, 0.1) is 13.8 Å². The summed E-state index contributed by atoms with van der Waals surface area (Å²) < 4.78 is 5.28. The molecule has 0 radical (unpaired) electrons. The minimum Gasteiger partial charge on any atom is -0.478 e. The van der Waals surface area contributed by atoms with Crippen molar-refractivity contribution in [3.05, 3.63) is 51.9 Å². The molecule has 0 aliphatic rings. The molecule has 5 nitrogen and oxygen atoms in total. The van der Waals surface area contributed by atoms with Gasteiger partial charge in [-0.15, -0.1) is 0 Å². The van der Waals surface area contributed by atoms with E-state index < -0.39 is 5.97 Å². The number of carboxylic acid groups (broad SMARTS) is 1. The Kier molecular flexibility index (Phi) is 3.81. The van der Waals surface area contributed by atoms with Gasteiger partial charge in [0, 0.05) is 0 Å². The van der Waals surface area contributed by atoms with Gasteiger partial charge >= 0.3 is 5.97 Å². The van der Waals surface area contributed by atoms with Crippen LogP contribution >= 0.6 is 11.6 Å². The monoisotopic (exact) mass is 293 g/mol. The van der Waals surface area contributed by atoms with Crippen molar-refractivity contribution in [3.8, 4) is 0 Å². The Hall–Kier alpha value is -2.27. The lowest BCUT2D eigenvalue weighted by Crippen LogP contribution is -2.12. The minimum atomic E-state index is -1.08. The Labute approximate surface area is 120 Å². The van der Waals surface area contributed by atoms with E-state index in [1.807, 2.05) is 0 Å². The van der Waals surface area contributed by atoms with E-state index in [9.17, 15) is 9.59 Å². The Balaban J connectivity index is 2.24. The second-order valence-electron chi connectivity index (χ2n) is 4.28. The topological polar surface area (TPSA) is 79.5 Å². The smallest absolute Gasteiger partial charge is 0.335 e. The molecular formula is C14H12ClNO4. The number of aryl methyl sites for hydroxylation is 2. The van der Waals surface area contributed by atoms with Crippen molar-refractivity contribution in [1.82, 2.24) is 0 Å². The van der Waals surface area contributed by atoms with Crippen molar-refractivity contribution in [3.63, 3.8) is 0 Å². The summed E-state index contributed by atoms with van der Waals surface area (Å²) in [6.45, 7) is 3.44. The van der Waals surface area contributed by atoms with Crippen molar-refractivity contribution in [1.29, 1.82) is 0 Å². The molecule has 0 atom stereocenters. The van der Waals surface area contributed by atoms with Gasteiger partial charge in [-0.25, -0.2) is 4.79 Å². The molecule has 2 N–H and O–H groups in total. The van der Waals surface area contributed by atoms with Crippen LogP contribution in [0.3, 0.4) is 0 Å². The van der Waals surface area contributed by atoms with Crippen LogP contribution < -0.4 is 5.32 Å². The van der Waals surface area contributed by atoms with Crippen LogP contribution in [-0.4, -0.2) is 17.0 Å². The number of amides is 1. The summed E-state index contributed by atoms with van der Waals surface area (Å²) in [7, 11) is 0. The zero-order valence-corrected chi connectivity index (χ0v) is 11.6. The maximum Gasteiger partial charge on any atom is 0.335 e. The molecule has 1 heterocycles. The third-order valence-corrected chi connectivity index (χ3v) is 3.06. The van der Waals surface area contributed by atoms with E-state index in [2.05, 4.69) is 5.32 Å². The van der Waals surface area contributed by atoms with Crippen molar-refractivity contribution < 1.29 is 19.1 Å². The lowest BCUT2D eigenvalue weighted by molar-refractivity contribution is 0.0696. The summed E-state index contributed by atoms with van der Waals surface area (Å²) in [4.78, 5) is 22.9. The zero-order chi connectivity index (χ0) is 14.9. The van der Waals surface area contributed by atoms with E-state index in [0.29, 0.717) is 22.8 Å². The molecule has 6 heteroatoms. The number of nitrogens with one attached hydrogen (secondary N) is 1. The Bertz CT molecular complexity index is 690. The molecule has 0 unspecified atom stereocenters. The van der Waals surface area contributed by atoms with Crippen LogP contribution in [0.25, 0.3) is 0 Å². The fraction of sp³-hybridized carbons (Fsp3) is 0.143. The highest BCUT2D eigenvalue weighted by atomic mass is 35.5. The van der Waals surface area contributed by atoms with E-state index in [0.717, 1.165) is 0 Å². The number of benzene rings is 1. The molecular weight excluding hydrogens is 282 g/mol. The predicted molar refractivity (Wildman–Crippen MR) is 74.5 cm³/mol. The van der Waals surface area contributed by atoms with Gasteiger partial charge < -0.3 is 14.8 Å². The maximum absolute atomic E-state index is 12.1. The van der Waals surface area contributed by atoms with Gasteiger partial charge in [0.15, 0.2) is 0 Å². The highest BCUT2D eigenvalue weighted by Crippen LogP contribution is 2.24. The highest BCUT2D eigenvalue weighted by Gasteiger charge is 2.15. The third kappa shape index (κ3) is 2.83. The fourth-order valence-electron chi connectivity index (χ4n) is 1.80. The van der Waals surface area contributed by atoms with Gasteiger partial charge in [0.05, 0.1) is 21.8 Å². The summed E-state index contributed by atoms with van der Waals surface area (Å²) in [6, 6.07) is 5.74. The van der Waals surface area contributed by atoms with Crippen LogP contribution in [-0.2, 0) is 0 Å². The van der Waals surface area contributed by atoms with Crippen LogP contribution in [0.15, 0.2) is 28.7 Å². The van der Waals surface area contributed by atoms with Crippen molar-refractivity contribution in [2.24, 2.45) is 0 Å². The number of carbonyl (C=O) groups is 2. The van der Waals surface area contributed by atoms with Crippen LogP contribution in [0.2, 0.25) is 5.02 Å². The minimum absolute atomic E-state index is 0.0586. The Morgan fingerprint density at radius 1 is 1.25 bits per heavy atom. The van der Waals surface area contributed by atoms with E-state index in [1.165, 1.54) is 18.2 Å². The molecule has 104 valence electrons. The highest BCUT2D eigenvalue weighted by molar-refractivity contribution is 6.34. The average molecular weight is 294 g/mol. The first-order valence-corrected chi connectivity index (χ1v) is 6.17. The molecule has 20 heavy (non-hydrogen) atoms. The normalized spacial score (nSPS) is 10.3. The van der Waals surface area contributed by atoms with E-state index in [-0.39, 0.29) is 16.5 Å². The molecule has 0 saturated carbocycles. The molecule has 2 aromatic rings. The second kappa shape index (κ2) is 5.38. The van der Waals surface area contributed by atoms with E-state index in [4.69, 9.17) is 21.1 Å². The van der Waals surface area contributed by atoms with Crippen LogP contribution in [0.5, 0.6) is 0 Å². The number of carboxylic acids is 1. The number of hydrogen-bond acceptors (Lipinski definition) is 3. The molecule has 1 aromatic carbocycles. The Morgan fingerprint density at radius 3 is 2.45 bits per heavy atom. The largest absolute Gasteiger partial charge is 0.478 e. The second-order valence-corrected chi connectivity index (χ2v) is 4.69. The lowest BCUT2D eigenvalue weighted by atomic mass is 10.2. The average Bonchev–Trinajstić information content (AvgIpc) is 2.70. The first-order chi connectivity index (χ1) is 9.38. The van der Waals surface area contributed by atoms with Crippen molar-refractivity contribution in [2.75, 3.05) is 5.32 Å². The third-order valence-electron chi connectivity index (χ3n) is 2.75. The molecule has 1 amide bonds. The molecule has 0 saturated heterocycles. The molecule has 0 bridgehead atoms. The van der Waals surface area contributed by atoms with Gasteiger partial charge in [0.2, 0.25) is 0 Å². The summed E-state index contributed by atoms with van der Waals surface area (Å²) in [5.41, 5.74) is 0.823. The van der Waals surface area contributed by atoms with Gasteiger partial charge in [0.1, 0.15) is 11.5 Å². The molecule has 0 fully saturated rings. The summed E-state index contributed by atoms with van der Waals surface area (Å²) >= 11 is 5.95. The van der Waals surface area contributed by atoms with Crippen LogP contribution in [0.1, 0.15) is 32.2 Å². The quantitative estimate of drug-likeness (QED) is 0.907. The Morgan fingerprint density at radius 2 is 1.95 bits per heavy atom. The van der Waals surface area contributed by atoms with Crippen molar-refractivity contribution in [2.45, 2.75) is 13.8 Å². The number of furan rings is 1. The molecule has 2 rings (SSSR count). The molecule has 1 aromatic heterocycles. The van der Waals surface area contributed by atoms with E-state index in [1.54, 1.807) is 19.9 Å². The summed E-state index contributed by atoms with van der Waals surface area (Å²) in [5.74, 6) is -0.284. The fourth-order valence-corrected chi connectivity index (χ4v) is 2.02. The van der Waals surface area contributed by atoms with Crippen molar-refractivity contribution >= 4 is 29.2 Å². The number of halogens is 1. The zero-order valence-electron chi connectivity index (χ0n) is 10.9. The maximum atomic E-state index is 12.1. The number of carbonyl (C=O) groups excluding carboxylic acids is 1. The first kappa shape index (κ1) is 14.1. The standard InChI is InChI=1S/C14H12ClNO4/c1-7-5-10(8(2)20-7)13(17)16-12-4-3-9(14(18)19)6-11(12)15/h3-6H,1-2H3,(H,16,17)(H,18,19). The summed E-state index contributed by atoms with van der Waals surface area (Å²) in [5, 5.41) is 11.6. The summed E-state index contributed by atoms with van der Waals surface area (Å²) in [6.07, 6.45) is 0. The molecule has 0 aliphatic carbocycles. The number of rotatable bonds is 3. The van der Waals surface area contributed by atoms with Gasteiger partial charge in [-0.05, 0) is 38.1 Å². The molecule has 0 aliphatic heterocycles. The predicted octanol–water partition coefficient (Wildman–Crippen LogP) is 3.50. The van der Waals surface area contributed by atoms with Gasteiger partial charge in [0.25, 0.3) is 5.91 Å². The first-order valence-electron chi connectivity index (χ1n) is 5.79. The SMILES string of the molecule is Cc1cc(C(=O)Nc2ccc(C(=O)O)cc2Cl)c(C)o1. The van der Waals surface area contributed by atoms with Gasteiger partial charge in [-0.1, -0.05) is 11.6 Å². The molecule has 0 spiro atoms. The van der Waals surface area contributed by atoms with E-state index >= 15 is 0 Å². The lowest BCUT2D eigenvalue weighted by Gasteiger charge is -2.07. The number of anilines is 1. The number of hydrogen-bond donors (Lipinski definition) is 2. The van der Waals surface area contributed by atoms with Gasteiger partial charge in [-0.3, -0.25) is 4.79 Å².